The molecule has 2 aromatic rings. The van der Waals surface area contributed by atoms with Gasteiger partial charge < -0.3 is 5.32 Å². The molecule has 5 heteroatoms. The number of hydrogen-bond acceptors (Lipinski definition) is 1. The standard InChI is InChI=1S/C17H14BrCl2NO/c1-10-7-13(18)8-11(2)17(10)21-16(22)6-4-12-3-5-14(19)9-15(12)20/h3-9H,1-2H3,(H,21,22). The maximum atomic E-state index is 12.1. The van der Waals surface area contributed by atoms with Crippen LogP contribution in [0.3, 0.4) is 0 Å². The molecule has 114 valence electrons. The molecule has 1 amide bonds. The summed E-state index contributed by atoms with van der Waals surface area (Å²) in [6, 6.07) is 9.06. The number of anilines is 1. The highest BCUT2D eigenvalue weighted by Gasteiger charge is 2.07. The third kappa shape index (κ3) is 4.35. The van der Waals surface area contributed by atoms with Gasteiger partial charge in [-0.15, -0.1) is 0 Å². The van der Waals surface area contributed by atoms with Crippen molar-refractivity contribution in [2.24, 2.45) is 0 Å². The lowest BCUT2D eigenvalue weighted by molar-refractivity contribution is -0.111. The first-order chi connectivity index (χ1) is 10.4. The number of hydrogen-bond donors (Lipinski definition) is 1. The van der Waals surface area contributed by atoms with Gasteiger partial charge in [0.05, 0.1) is 0 Å². The Morgan fingerprint density at radius 1 is 1.14 bits per heavy atom. The van der Waals surface area contributed by atoms with Crippen molar-refractivity contribution in [2.75, 3.05) is 5.32 Å². The van der Waals surface area contributed by atoms with Gasteiger partial charge in [0.15, 0.2) is 0 Å². The molecule has 0 fully saturated rings. The summed E-state index contributed by atoms with van der Waals surface area (Å²) >= 11 is 15.3. The summed E-state index contributed by atoms with van der Waals surface area (Å²) < 4.78 is 0.990. The van der Waals surface area contributed by atoms with Crippen molar-refractivity contribution in [1.29, 1.82) is 0 Å². The predicted molar refractivity (Wildman–Crippen MR) is 97.7 cm³/mol. The fraction of sp³-hybridized carbons (Fsp3) is 0.118. The van der Waals surface area contributed by atoms with Gasteiger partial charge in [-0.2, -0.15) is 0 Å². The summed E-state index contributed by atoms with van der Waals surface area (Å²) in [5.41, 5.74) is 3.56. The van der Waals surface area contributed by atoms with Crippen LogP contribution in [-0.4, -0.2) is 5.91 Å². The number of amides is 1. The zero-order valence-electron chi connectivity index (χ0n) is 12.1. The van der Waals surface area contributed by atoms with E-state index >= 15 is 0 Å². The number of aryl methyl sites for hydroxylation is 2. The Hall–Kier alpha value is -1.29. The number of nitrogens with one attached hydrogen (secondary N) is 1. The minimum atomic E-state index is -0.209. The highest BCUT2D eigenvalue weighted by atomic mass is 79.9. The van der Waals surface area contributed by atoms with Crippen molar-refractivity contribution in [3.8, 4) is 0 Å². The van der Waals surface area contributed by atoms with Gasteiger partial charge >= 0.3 is 0 Å². The van der Waals surface area contributed by atoms with Crippen molar-refractivity contribution >= 4 is 56.8 Å². The Bertz CT molecular complexity index is 733. The van der Waals surface area contributed by atoms with Crippen LogP contribution < -0.4 is 5.32 Å². The number of benzene rings is 2. The lowest BCUT2D eigenvalue weighted by Gasteiger charge is -2.11. The first kappa shape index (κ1) is 17.1. The van der Waals surface area contributed by atoms with Crippen molar-refractivity contribution in [3.05, 3.63) is 67.6 Å². The van der Waals surface area contributed by atoms with Gasteiger partial charge in [0.2, 0.25) is 5.91 Å². The summed E-state index contributed by atoms with van der Waals surface area (Å²) in [5, 5.41) is 3.96. The van der Waals surface area contributed by atoms with Crippen molar-refractivity contribution in [2.45, 2.75) is 13.8 Å². The van der Waals surface area contributed by atoms with Crippen LogP contribution in [0.25, 0.3) is 6.08 Å². The van der Waals surface area contributed by atoms with Crippen molar-refractivity contribution in [3.63, 3.8) is 0 Å². The molecule has 0 aliphatic rings. The zero-order valence-corrected chi connectivity index (χ0v) is 15.2. The topological polar surface area (TPSA) is 29.1 Å². The molecule has 0 atom stereocenters. The smallest absolute Gasteiger partial charge is 0.248 e. The molecular weight excluding hydrogens is 385 g/mol. The number of carbonyl (C=O) groups is 1. The van der Waals surface area contributed by atoms with E-state index in [0.29, 0.717) is 10.0 Å². The highest BCUT2D eigenvalue weighted by molar-refractivity contribution is 9.10. The van der Waals surface area contributed by atoms with E-state index in [4.69, 9.17) is 23.2 Å². The van der Waals surface area contributed by atoms with Crippen molar-refractivity contribution in [1.82, 2.24) is 0 Å². The van der Waals surface area contributed by atoms with E-state index < -0.39 is 0 Å². The average molecular weight is 399 g/mol. The molecule has 0 aromatic heterocycles. The van der Waals surface area contributed by atoms with Crippen LogP contribution in [0, 0.1) is 13.8 Å². The number of carbonyl (C=O) groups excluding carboxylic acids is 1. The Kier molecular flexibility index (Phi) is 5.68. The molecule has 0 aliphatic heterocycles. The van der Waals surface area contributed by atoms with Crippen LogP contribution in [0.1, 0.15) is 16.7 Å². The Morgan fingerprint density at radius 2 is 1.77 bits per heavy atom. The SMILES string of the molecule is Cc1cc(Br)cc(C)c1NC(=O)C=Cc1ccc(Cl)cc1Cl. The van der Waals surface area contributed by atoms with Gasteiger partial charge in [-0.3, -0.25) is 4.79 Å². The molecule has 0 unspecified atom stereocenters. The first-order valence-corrected chi connectivity index (χ1v) is 8.12. The third-order valence-electron chi connectivity index (χ3n) is 3.12. The molecule has 0 bridgehead atoms. The molecule has 2 rings (SSSR count). The molecule has 0 heterocycles. The average Bonchev–Trinajstić information content (AvgIpc) is 2.42. The molecule has 0 aliphatic carbocycles. The summed E-state index contributed by atoms with van der Waals surface area (Å²) in [4.78, 5) is 12.1. The largest absolute Gasteiger partial charge is 0.322 e. The van der Waals surface area contributed by atoms with E-state index in [9.17, 15) is 4.79 Å². The molecule has 0 radical (unpaired) electrons. The minimum absolute atomic E-state index is 0.209. The second-order valence-electron chi connectivity index (χ2n) is 4.90. The molecule has 2 aromatic carbocycles. The Labute approximate surface area is 148 Å². The Morgan fingerprint density at radius 3 is 2.36 bits per heavy atom. The minimum Gasteiger partial charge on any atom is -0.322 e. The lowest BCUT2D eigenvalue weighted by Crippen LogP contribution is -2.10. The van der Waals surface area contributed by atoms with Gasteiger partial charge in [-0.1, -0.05) is 45.2 Å². The van der Waals surface area contributed by atoms with E-state index in [1.54, 1.807) is 24.3 Å². The summed E-state index contributed by atoms with van der Waals surface area (Å²) in [5.74, 6) is -0.209. The van der Waals surface area contributed by atoms with Gasteiger partial charge in [0.25, 0.3) is 0 Å². The fourth-order valence-corrected chi connectivity index (χ4v) is 3.23. The fourth-order valence-electron chi connectivity index (χ4n) is 2.07. The van der Waals surface area contributed by atoms with E-state index in [1.165, 1.54) is 6.08 Å². The third-order valence-corrected chi connectivity index (χ3v) is 4.14. The monoisotopic (exact) mass is 397 g/mol. The van der Waals surface area contributed by atoms with Crippen LogP contribution in [0.15, 0.2) is 40.9 Å². The molecule has 1 N–H and O–H groups in total. The molecule has 22 heavy (non-hydrogen) atoms. The number of halogens is 3. The predicted octanol–water partition coefficient (Wildman–Crippen LogP) is 6.02. The van der Waals surface area contributed by atoms with Crippen LogP contribution in [-0.2, 0) is 4.79 Å². The van der Waals surface area contributed by atoms with E-state index in [0.717, 1.165) is 26.9 Å². The molecule has 0 saturated heterocycles. The quantitative estimate of drug-likeness (QED) is 0.628. The van der Waals surface area contributed by atoms with Crippen LogP contribution in [0.2, 0.25) is 10.0 Å². The maximum Gasteiger partial charge on any atom is 0.248 e. The van der Waals surface area contributed by atoms with E-state index in [-0.39, 0.29) is 5.91 Å². The molecular formula is C17H14BrCl2NO. The molecule has 2 nitrogen and oxygen atoms in total. The normalized spacial score (nSPS) is 11.0. The summed E-state index contributed by atoms with van der Waals surface area (Å²) in [6.45, 7) is 3.90. The highest BCUT2D eigenvalue weighted by Crippen LogP contribution is 2.25. The zero-order chi connectivity index (χ0) is 16.3. The maximum absolute atomic E-state index is 12.1. The summed E-state index contributed by atoms with van der Waals surface area (Å²) in [7, 11) is 0. The van der Waals surface area contributed by atoms with Gasteiger partial charge in [-0.05, 0) is 60.9 Å². The van der Waals surface area contributed by atoms with Gasteiger partial charge in [-0.25, -0.2) is 0 Å². The second-order valence-corrected chi connectivity index (χ2v) is 6.66. The Balaban J connectivity index is 2.15. The van der Waals surface area contributed by atoms with Crippen LogP contribution >= 0.6 is 39.1 Å². The van der Waals surface area contributed by atoms with Crippen molar-refractivity contribution < 1.29 is 4.79 Å². The lowest BCUT2D eigenvalue weighted by atomic mass is 10.1. The first-order valence-electron chi connectivity index (χ1n) is 6.57. The second kappa shape index (κ2) is 7.32. The molecule has 0 spiro atoms. The van der Waals surface area contributed by atoms with Gasteiger partial charge in [0.1, 0.15) is 0 Å². The van der Waals surface area contributed by atoms with E-state index in [1.807, 2.05) is 26.0 Å². The van der Waals surface area contributed by atoms with Crippen LogP contribution in [0.5, 0.6) is 0 Å². The summed E-state index contributed by atoms with van der Waals surface area (Å²) in [6.07, 6.45) is 3.12. The van der Waals surface area contributed by atoms with Gasteiger partial charge in [0, 0.05) is 26.3 Å². The van der Waals surface area contributed by atoms with Crippen LogP contribution in [0.4, 0.5) is 5.69 Å². The number of rotatable bonds is 3. The van der Waals surface area contributed by atoms with E-state index in [2.05, 4.69) is 21.2 Å². The molecule has 0 saturated carbocycles.